The lowest BCUT2D eigenvalue weighted by molar-refractivity contribution is -0.153. The van der Waals surface area contributed by atoms with Crippen LogP contribution in [0.15, 0.2) is 23.1 Å². The number of esters is 1. The van der Waals surface area contributed by atoms with Crippen molar-refractivity contribution in [2.45, 2.75) is 17.9 Å². The Morgan fingerprint density at radius 2 is 2.05 bits per heavy atom. The Kier molecular flexibility index (Phi) is 4.90. The SMILES string of the molecule is CCOC(=O)C(O)c1ccc(S(C)(=O)=O)cc1OC. The number of hydrogen-bond acceptors (Lipinski definition) is 6. The molecule has 19 heavy (non-hydrogen) atoms. The number of aliphatic hydroxyl groups excluding tert-OH is 1. The van der Waals surface area contributed by atoms with Crippen molar-refractivity contribution >= 4 is 15.8 Å². The second-order valence-electron chi connectivity index (χ2n) is 3.83. The van der Waals surface area contributed by atoms with Gasteiger partial charge in [-0.25, -0.2) is 13.2 Å². The fourth-order valence-electron chi connectivity index (χ4n) is 1.50. The van der Waals surface area contributed by atoms with E-state index in [1.165, 1.54) is 25.3 Å². The second-order valence-corrected chi connectivity index (χ2v) is 5.85. The van der Waals surface area contributed by atoms with Gasteiger partial charge in [0.2, 0.25) is 0 Å². The Labute approximate surface area is 111 Å². The van der Waals surface area contributed by atoms with E-state index in [2.05, 4.69) is 0 Å². The topological polar surface area (TPSA) is 89.9 Å². The first kappa shape index (κ1) is 15.5. The molecular weight excluding hydrogens is 272 g/mol. The number of carbonyl (C=O) groups excluding carboxylic acids is 1. The zero-order valence-corrected chi connectivity index (χ0v) is 11.7. The molecule has 0 aromatic heterocycles. The molecule has 0 spiro atoms. The van der Waals surface area contributed by atoms with Crippen LogP contribution in [0.1, 0.15) is 18.6 Å². The summed E-state index contributed by atoms with van der Waals surface area (Å²) in [4.78, 5) is 11.5. The maximum Gasteiger partial charge on any atom is 0.339 e. The summed E-state index contributed by atoms with van der Waals surface area (Å²) >= 11 is 0. The zero-order chi connectivity index (χ0) is 14.6. The van der Waals surface area contributed by atoms with E-state index in [4.69, 9.17) is 9.47 Å². The Morgan fingerprint density at radius 3 is 2.53 bits per heavy atom. The van der Waals surface area contributed by atoms with Crippen molar-refractivity contribution in [2.24, 2.45) is 0 Å². The number of methoxy groups -OCH3 is 1. The fourth-order valence-corrected chi connectivity index (χ4v) is 2.13. The summed E-state index contributed by atoms with van der Waals surface area (Å²) in [5.74, 6) is -0.698. The Hall–Kier alpha value is -1.60. The van der Waals surface area contributed by atoms with E-state index in [0.717, 1.165) is 6.26 Å². The molecule has 7 heteroatoms. The van der Waals surface area contributed by atoms with Crippen molar-refractivity contribution in [2.75, 3.05) is 20.0 Å². The molecule has 0 radical (unpaired) electrons. The van der Waals surface area contributed by atoms with Gasteiger partial charge in [-0.3, -0.25) is 0 Å². The smallest absolute Gasteiger partial charge is 0.339 e. The Bertz CT molecular complexity index is 564. The number of hydrogen-bond donors (Lipinski definition) is 1. The predicted octanol–water partition coefficient (Wildman–Crippen LogP) is 0.695. The van der Waals surface area contributed by atoms with Crippen LogP contribution >= 0.6 is 0 Å². The minimum absolute atomic E-state index is 0.0455. The molecule has 0 saturated heterocycles. The maximum absolute atomic E-state index is 11.4. The predicted molar refractivity (Wildman–Crippen MR) is 67.7 cm³/mol. The van der Waals surface area contributed by atoms with Gasteiger partial charge in [0.25, 0.3) is 0 Å². The number of carbonyl (C=O) groups is 1. The highest BCUT2D eigenvalue weighted by molar-refractivity contribution is 7.90. The first-order chi connectivity index (χ1) is 8.81. The van der Waals surface area contributed by atoms with Crippen LogP contribution in [0.4, 0.5) is 0 Å². The van der Waals surface area contributed by atoms with Crippen LogP contribution in [0.3, 0.4) is 0 Å². The molecule has 0 bridgehead atoms. The highest BCUT2D eigenvalue weighted by Crippen LogP contribution is 2.28. The third-order valence-corrected chi connectivity index (χ3v) is 3.55. The van der Waals surface area contributed by atoms with Crippen LogP contribution in [0.25, 0.3) is 0 Å². The molecule has 106 valence electrons. The Morgan fingerprint density at radius 1 is 1.42 bits per heavy atom. The van der Waals surface area contributed by atoms with Crippen molar-refractivity contribution < 1.29 is 27.8 Å². The normalized spacial score (nSPS) is 12.8. The molecule has 1 N–H and O–H groups in total. The molecule has 0 amide bonds. The summed E-state index contributed by atoms with van der Waals surface area (Å²) in [6, 6.07) is 3.89. The highest BCUT2D eigenvalue weighted by atomic mass is 32.2. The summed E-state index contributed by atoms with van der Waals surface area (Å²) in [5.41, 5.74) is 0.161. The fraction of sp³-hybridized carbons (Fsp3) is 0.417. The van der Waals surface area contributed by atoms with Gasteiger partial charge in [-0.15, -0.1) is 0 Å². The van der Waals surface area contributed by atoms with E-state index < -0.39 is 21.9 Å². The van der Waals surface area contributed by atoms with Gasteiger partial charge in [0.15, 0.2) is 15.9 Å². The molecule has 6 nitrogen and oxygen atoms in total. The molecular formula is C12H16O6S. The van der Waals surface area contributed by atoms with Gasteiger partial charge in [0, 0.05) is 11.8 Å². The van der Waals surface area contributed by atoms with E-state index in [9.17, 15) is 18.3 Å². The van der Waals surface area contributed by atoms with Crippen molar-refractivity contribution in [3.8, 4) is 5.75 Å². The molecule has 0 aliphatic heterocycles. The third-order valence-electron chi connectivity index (χ3n) is 2.44. The van der Waals surface area contributed by atoms with Crippen molar-refractivity contribution in [3.05, 3.63) is 23.8 Å². The van der Waals surface area contributed by atoms with Crippen LogP contribution in [-0.2, 0) is 19.4 Å². The van der Waals surface area contributed by atoms with Crippen molar-refractivity contribution in [3.63, 3.8) is 0 Å². The number of ether oxygens (including phenoxy) is 2. The van der Waals surface area contributed by atoms with Crippen LogP contribution in [0, 0.1) is 0 Å². The minimum atomic E-state index is -3.39. The van der Waals surface area contributed by atoms with Crippen LogP contribution in [0.2, 0.25) is 0 Å². The summed E-state index contributed by atoms with van der Waals surface area (Å²) in [6.07, 6.45) is -0.452. The molecule has 0 aliphatic carbocycles. The Balaban J connectivity index is 3.20. The first-order valence-electron chi connectivity index (χ1n) is 5.54. The monoisotopic (exact) mass is 288 g/mol. The van der Waals surface area contributed by atoms with E-state index in [-0.39, 0.29) is 22.8 Å². The molecule has 1 atom stereocenters. The number of rotatable bonds is 5. The molecule has 1 unspecified atom stereocenters. The molecule has 0 heterocycles. The van der Waals surface area contributed by atoms with E-state index in [0.29, 0.717) is 0 Å². The highest BCUT2D eigenvalue weighted by Gasteiger charge is 2.23. The molecule has 1 rings (SSSR count). The summed E-state index contributed by atoms with van der Waals surface area (Å²) < 4.78 is 32.5. The average molecular weight is 288 g/mol. The molecule has 0 fully saturated rings. The molecule has 0 saturated carbocycles. The van der Waals surface area contributed by atoms with Gasteiger partial charge >= 0.3 is 5.97 Å². The van der Waals surface area contributed by atoms with Crippen LogP contribution < -0.4 is 4.74 Å². The summed E-state index contributed by atoms with van der Waals surface area (Å²) in [7, 11) is -2.06. The van der Waals surface area contributed by atoms with Crippen molar-refractivity contribution in [1.29, 1.82) is 0 Å². The lowest BCUT2D eigenvalue weighted by Gasteiger charge is -2.14. The summed E-state index contributed by atoms with van der Waals surface area (Å²) in [5, 5.41) is 9.82. The van der Waals surface area contributed by atoms with Crippen LogP contribution in [0.5, 0.6) is 5.75 Å². The first-order valence-corrected chi connectivity index (χ1v) is 7.43. The maximum atomic E-state index is 11.4. The number of benzene rings is 1. The lowest BCUT2D eigenvalue weighted by Crippen LogP contribution is -2.16. The average Bonchev–Trinajstić information content (AvgIpc) is 2.36. The van der Waals surface area contributed by atoms with Gasteiger partial charge in [0.05, 0.1) is 18.6 Å². The molecule has 0 aliphatic rings. The van der Waals surface area contributed by atoms with E-state index in [1.54, 1.807) is 6.92 Å². The quantitative estimate of drug-likeness (QED) is 0.802. The largest absolute Gasteiger partial charge is 0.496 e. The van der Waals surface area contributed by atoms with Gasteiger partial charge in [0.1, 0.15) is 5.75 Å². The zero-order valence-electron chi connectivity index (χ0n) is 10.9. The van der Waals surface area contributed by atoms with Crippen molar-refractivity contribution in [1.82, 2.24) is 0 Å². The minimum Gasteiger partial charge on any atom is -0.496 e. The molecule has 1 aromatic rings. The van der Waals surface area contributed by atoms with E-state index in [1.807, 2.05) is 0 Å². The van der Waals surface area contributed by atoms with Crippen LogP contribution in [-0.4, -0.2) is 39.5 Å². The standard InChI is InChI=1S/C12H16O6S/c1-4-18-12(14)11(13)9-6-5-8(19(3,15)16)7-10(9)17-2/h5-7,11,13H,4H2,1-3H3. The van der Waals surface area contributed by atoms with Gasteiger partial charge < -0.3 is 14.6 Å². The van der Waals surface area contributed by atoms with Gasteiger partial charge in [-0.1, -0.05) is 6.07 Å². The second kappa shape index (κ2) is 6.03. The van der Waals surface area contributed by atoms with Gasteiger partial charge in [-0.2, -0.15) is 0 Å². The summed E-state index contributed by atoms with van der Waals surface area (Å²) in [6.45, 7) is 1.76. The van der Waals surface area contributed by atoms with E-state index >= 15 is 0 Å². The number of sulfone groups is 1. The van der Waals surface area contributed by atoms with Gasteiger partial charge in [-0.05, 0) is 19.1 Å². The third kappa shape index (κ3) is 3.68. The number of aliphatic hydroxyl groups is 1. The lowest BCUT2D eigenvalue weighted by atomic mass is 10.1. The molecule has 1 aromatic carbocycles.